The van der Waals surface area contributed by atoms with Gasteiger partial charge in [-0.2, -0.15) is 0 Å². The molecule has 0 aromatic heterocycles. The number of carbonyl (C=O) groups excluding carboxylic acids is 2. The number of likely N-dealkylation sites (tertiary alicyclic amines) is 1. The van der Waals surface area contributed by atoms with E-state index in [4.69, 9.17) is 0 Å². The van der Waals surface area contributed by atoms with Crippen LogP contribution in [-0.4, -0.2) is 49.4 Å². The molecule has 174 valence electrons. The summed E-state index contributed by atoms with van der Waals surface area (Å²) < 4.78 is 0. The fourth-order valence-corrected chi connectivity index (χ4v) is 5.36. The van der Waals surface area contributed by atoms with E-state index in [2.05, 4.69) is 46.6 Å². The Morgan fingerprint density at radius 1 is 0.824 bits per heavy atom. The van der Waals surface area contributed by atoms with Crippen LogP contribution in [0.25, 0.3) is 0 Å². The number of nitrogens with one attached hydrogen (secondary N) is 1. The van der Waals surface area contributed by atoms with Crippen molar-refractivity contribution in [3.05, 3.63) is 102 Å². The molecule has 5 rings (SSSR count). The standard InChI is InChI=1S/C29H31N3O2/c33-27(17-16-23-10-4-1-5-11-23)31-19-25(18-30-28(34)24-12-6-2-7-13-24)29(20-31)21-32(22-29)26-14-8-3-9-15-26/h1-15,25H,16-22H2,(H,30,34). The molecule has 2 heterocycles. The van der Waals surface area contributed by atoms with E-state index in [0.29, 0.717) is 25.1 Å². The highest BCUT2D eigenvalue weighted by Crippen LogP contribution is 2.45. The van der Waals surface area contributed by atoms with Crippen LogP contribution in [0.5, 0.6) is 0 Å². The lowest BCUT2D eigenvalue weighted by Crippen LogP contribution is -2.62. The van der Waals surface area contributed by atoms with Crippen LogP contribution in [0.3, 0.4) is 0 Å². The molecule has 1 atom stereocenters. The fourth-order valence-electron chi connectivity index (χ4n) is 5.36. The molecule has 2 aliphatic heterocycles. The SMILES string of the molecule is O=C(NCC1CN(C(=O)CCc2ccccc2)CC12CN(c1ccccc1)C2)c1ccccc1. The highest BCUT2D eigenvalue weighted by molar-refractivity contribution is 5.94. The first kappa shape index (κ1) is 22.2. The van der Waals surface area contributed by atoms with Crippen LogP contribution in [0.15, 0.2) is 91.0 Å². The number of benzene rings is 3. The number of rotatable bonds is 7. The summed E-state index contributed by atoms with van der Waals surface area (Å²) in [6.45, 7) is 3.86. The number of amides is 2. The maximum absolute atomic E-state index is 13.1. The Labute approximate surface area is 201 Å². The van der Waals surface area contributed by atoms with Gasteiger partial charge in [-0.1, -0.05) is 66.7 Å². The molecular formula is C29H31N3O2. The predicted molar refractivity (Wildman–Crippen MR) is 135 cm³/mol. The number of para-hydroxylation sites is 1. The monoisotopic (exact) mass is 453 g/mol. The average Bonchev–Trinajstić information content (AvgIpc) is 3.27. The Morgan fingerprint density at radius 3 is 2.12 bits per heavy atom. The van der Waals surface area contributed by atoms with Gasteiger partial charge >= 0.3 is 0 Å². The molecular weight excluding hydrogens is 422 g/mol. The third-order valence-corrected chi connectivity index (χ3v) is 7.31. The van der Waals surface area contributed by atoms with Gasteiger partial charge in [0.1, 0.15) is 0 Å². The minimum absolute atomic E-state index is 0.0161. The van der Waals surface area contributed by atoms with Crippen LogP contribution >= 0.6 is 0 Å². The Morgan fingerprint density at radius 2 is 1.44 bits per heavy atom. The van der Waals surface area contributed by atoms with Crippen LogP contribution in [0.4, 0.5) is 5.69 Å². The van der Waals surface area contributed by atoms with E-state index in [-0.39, 0.29) is 23.1 Å². The molecule has 34 heavy (non-hydrogen) atoms. The van der Waals surface area contributed by atoms with Crippen molar-refractivity contribution < 1.29 is 9.59 Å². The van der Waals surface area contributed by atoms with Crippen LogP contribution in [0.2, 0.25) is 0 Å². The van der Waals surface area contributed by atoms with Gasteiger partial charge in [0.25, 0.3) is 5.91 Å². The van der Waals surface area contributed by atoms with Gasteiger partial charge in [-0.05, 0) is 36.2 Å². The third kappa shape index (κ3) is 4.69. The van der Waals surface area contributed by atoms with Gasteiger partial charge in [0.2, 0.25) is 5.91 Å². The molecule has 1 unspecified atom stereocenters. The van der Waals surface area contributed by atoms with Gasteiger partial charge in [0.05, 0.1) is 0 Å². The zero-order valence-electron chi connectivity index (χ0n) is 19.4. The number of carbonyl (C=O) groups is 2. The molecule has 2 aliphatic rings. The van der Waals surface area contributed by atoms with Crippen molar-refractivity contribution in [3.8, 4) is 0 Å². The van der Waals surface area contributed by atoms with E-state index >= 15 is 0 Å². The summed E-state index contributed by atoms with van der Waals surface area (Å²) in [5.41, 5.74) is 3.09. The van der Waals surface area contributed by atoms with Gasteiger partial charge in [0, 0.05) is 61.7 Å². The second kappa shape index (κ2) is 9.72. The van der Waals surface area contributed by atoms with Crippen LogP contribution in [0.1, 0.15) is 22.3 Å². The van der Waals surface area contributed by atoms with E-state index in [1.807, 2.05) is 59.5 Å². The molecule has 5 nitrogen and oxygen atoms in total. The predicted octanol–water partition coefficient (Wildman–Crippen LogP) is 4.01. The number of aryl methyl sites for hydroxylation is 1. The number of hydrogen-bond acceptors (Lipinski definition) is 3. The van der Waals surface area contributed by atoms with Crippen LogP contribution in [0, 0.1) is 11.3 Å². The lowest BCUT2D eigenvalue weighted by atomic mass is 9.71. The molecule has 1 N–H and O–H groups in total. The Balaban J connectivity index is 1.25. The van der Waals surface area contributed by atoms with Crippen molar-refractivity contribution in [1.29, 1.82) is 0 Å². The summed E-state index contributed by atoms with van der Waals surface area (Å²) >= 11 is 0. The van der Waals surface area contributed by atoms with E-state index < -0.39 is 0 Å². The Hall–Kier alpha value is -3.60. The molecule has 2 fully saturated rings. The quantitative estimate of drug-likeness (QED) is 0.588. The maximum Gasteiger partial charge on any atom is 0.251 e. The summed E-state index contributed by atoms with van der Waals surface area (Å²) in [7, 11) is 0. The van der Waals surface area contributed by atoms with E-state index in [9.17, 15) is 9.59 Å². The van der Waals surface area contributed by atoms with Crippen molar-refractivity contribution in [2.45, 2.75) is 12.8 Å². The Kier molecular flexibility index (Phi) is 6.35. The number of nitrogens with zero attached hydrogens (tertiary/aromatic N) is 2. The first-order valence-corrected chi connectivity index (χ1v) is 12.1. The van der Waals surface area contributed by atoms with Gasteiger partial charge in [0.15, 0.2) is 0 Å². The van der Waals surface area contributed by atoms with Crippen molar-refractivity contribution in [2.75, 3.05) is 37.6 Å². The van der Waals surface area contributed by atoms with Crippen molar-refractivity contribution in [2.24, 2.45) is 11.3 Å². The highest BCUT2D eigenvalue weighted by Gasteiger charge is 2.54. The largest absolute Gasteiger partial charge is 0.370 e. The van der Waals surface area contributed by atoms with Crippen LogP contribution < -0.4 is 10.2 Å². The second-order valence-electron chi connectivity index (χ2n) is 9.59. The molecule has 3 aromatic rings. The molecule has 1 spiro atoms. The van der Waals surface area contributed by atoms with Gasteiger partial charge in [-0.25, -0.2) is 0 Å². The summed E-state index contributed by atoms with van der Waals surface area (Å²) in [6.07, 6.45) is 1.28. The molecule has 2 amide bonds. The highest BCUT2D eigenvalue weighted by atomic mass is 16.2. The van der Waals surface area contributed by atoms with Gasteiger partial charge in [-0.3, -0.25) is 9.59 Å². The smallest absolute Gasteiger partial charge is 0.251 e. The first-order valence-electron chi connectivity index (χ1n) is 12.1. The molecule has 0 radical (unpaired) electrons. The van der Waals surface area contributed by atoms with Crippen LogP contribution in [-0.2, 0) is 11.2 Å². The minimum atomic E-state index is -0.0520. The third-order valence-electron chi connectivity index (χ3n) is 7.31. The molecule has 0 saturated carbocycles. The summed E-state index contributed by atoms with van der Waals surface area (Å²) in [5, 5.41) is 3.14. The molecule has 0 aliphatic carbocycles. The molecule has 5 heteroatoms. The number of hydrogen-bond donors (Lipinski definition) is 1. The lowest BCUT2D eigenvalue weighted by molar-refractivity contribution is -0.130. The minimum Gasteiger partial charge on any atom is -0.370 e. The van der Waals surface area contributed by atoms with Gasteiger partial charge < -0.3 is 15.1 Å². The molecule has 0 bridgehead atoms. The Bertz CT molecular complexity index is 1110. The normalized spacial score (nSPS) is 18.5. The zero-order valence-corrected chi connectivity index (χ0v) is 19.4. The summed E-state index contributed by atoms with van der Waals surface area (Å²) in [6, 6.07) is 29.9. The fraction of sp³-hybridized carbons (Fsp3) is 0.310. The zero-order chi connectivity index (χ0) is 23.4. The number of anilines is 1. The van der Waals surface area contributed by atoms with Crippen molar-refractivity contribution >= 4 is 17.5 Å². The van der Waals surface area contributed by atoms with Crippen molar-refractivity contribution in [3.63, 3.8) is 0 Å². The van der Waals surface area contributed by atoms with E-state index in [1.165, 1.54) is 11.3 Å². The first-order chi connectivity index (χ1) is 16.6. The second-order valence-corrected chi connectivity index (χ2v) is 9.59. The molecule has 2 saturated heterocycles. The topological polar surface area (TPSA) is 52.7 Å². The van der Waals surface area contributed by atoms with E-state index in [1.54, 1.807) is 0 Å². The van der Waals surface area contributed by atoms with E-state index in [0.717, 1.165) is 26.1 Å². The van der Waals surface area contributed by atoms with Gasteiger partial charge in [-0.15, -0.1) is 0 Å². The molecule has 3 aromatic carbocycles. The lowest BCUT2D eigenvalue weighted by Gasteiger charge is -2.52. The summed E-state index contributed by atoms with van der Waals surface area (Å²) in [5.74, 6) is 0.392. The average molecular weight is 454 g/mol. The van der Waals surface area contributed by atoms with Crippen molar-refractivity contribution in [1.82, 2.24) is 10.2 Å². The summed E-state index contributed by atoms with van der Waals surface area (Å²) in [4.78, 5) is 30.2. The maximum atomic E-state index is 13.1.